The van der Waals surface area contributed by atoms with Crippen LogP contribution < -0.4 is 5.32 Å². The number of rotatable bonds is 5. The fourth-order valence-electron chi connectivity index (χ4n) is 2.61. The third-order valence-electron chi connectivity index (χ3n) is 4.00. The molecule has 5 heteroatoms. The Morgan fingerprint density at radius 3 is 2.35 bits per heavy atom. The Hall–Kier alpha value is -2.40. The molecule has 2 aromatic carbocycles. The number of hydrogen-bond donors (Lipinski definition) is 2. The number of ether oxygens (including phenoxy) is 1. The lowest BCUT2D eigenvalue weighted by molar-refractivity contribution is 0.0636. The number of halogens is 1. The van der Waals surface area contributed by atoms with Gasteiger partial charge < -0.3 is 9.84 Å². The van der Waals surface area contributed by atoms with E-state index < -0.39 is 11.7 Å². The van der Waals surface area contributed by atoms with Crippen molar-refractivity contribution in [3.63, 3.8) is 0 Å². The van der Waals surface area contributed by atoms with Crippen molar-refractivity contribution in [3.05, 3.63) is 64.5 Å². The van der Waals surface area contributed by atoms with Crippen LogP contribution >= 0.6 is 0 Å². The van der Waals surface area contributed by atoms with Gasteiger partial charge in [-0.15, -0.1) is 0 Å². The zero-order valence-electron chi connectivity index (χ0n) is 15.7. The van der Waals surface area contributed by atoms with Crippen molar-refractivity contribution in [3.8, 4) is 0 Å². The SMILES string of the molecule is Cc1ccc(CCc2ccc(NC(=O)OC(C)(C)C)cc2)c(F)c1CO. The summed E-state index contributed by atoms with van der Waals surface area (Å²) in [6.45, 7) is 6.91. The van der Waals surface area contributed by atoms with Crippen molar-refractivity contribution in [2.45, 2.75) is 52.7 Å². The molecule has 1 amide bonds. The second-order valence-electron chi connectivity index (χ2n) is 7.32. The van der Waals surface area contributed by atoms with Gasteiger partial charge in [-0.1, -0.05) is 24.3 Å². The highest BCUT2D eigenvalue weighted by Crippen LogP contribution is 2.20. The molecule has 0 bridgehead atoms. The third kappa shape index (κ3) is 5.56. The van der Waals surface area contributed by atoms with Crippen molar-refractivity contribution < 1.29 is 19.0 Å². The number of anilines is 1. The molecule has 0 aliphatic carbocycles. The molecule has 0 fully saturated rings. The smallest absolute Gasteiger partial charge is 0.412 e. The van der Waals surface area contributed by atoms with Gasteiger partial charge in [0.05, 0.1) is 6.61 Å². The first-order chi connectivity index (χ1) is 12.2. The van der Waals surface area contributed by atoms with Crippen LogP contribution in [0.25, 0.3) is 0 Å². The van der Waals surface area contributed by atoms with Gasteiger partial charge in [-0.3, -0.25) is 5.32 Å². The normalized spacial score (nSPS) is 11.3. The molecule has 0 radical (unpaired) electrons. The quantitative estimate of drug-likeness (QED) is 0.809. The molecule has 0 aliphatic rings. The largest absolute Gasteiger partial charge is 0.444 e. The van der Waals surface area contributed by atoms with Crippen molar-refractivity contribution in [1.29, 1.82) is 0 Å². The summed E-state index contributed by atoms with van der Waals surface area (Å²) in [6.07, 6.45) is 0.707. The average molecular weight is 359 g/mol. The monoisotopic (exact) mass is 359 g/mol. The van der Waals surface area contributed by atoms with E-state index in [-0.39, 0.29) is 12.4 Å². The molecule has 0 aromatic heterocycles. The molecular formula is C21H26FNO3. The highest BCUT2D eigenvalue weighted by Gasteiger charge is 2.16. The second kappa shape index (κ2) is 8.32. The lowest BCUT2D eigenvalue weighted by atomic mass is 9.99. The van der Waals surface area contributed by atoms with Gasteiger partial charge in [-0.05, 0) is 69.4 Å². The van der Waals surface area contributed by atoms with Crippen LogP contribution in [-0.4, -0.2) is 16.8 Å². The molecule has 0 saturated carbocycles. The molecule has 2 N–H and O–H groups in total. The van der Waals surface area contributed by atoms with E-state index in [1.54, 1.807) is 25.1 Å². The summed E-state index contributed by atoms with van der Waals surface area (Å²) in [7, 11) is 0. The van der Waals surface area contributed by atoms with Gasteiger partial charge >= 0.3 is 6.09 Å². The minimum absolute atomic E-state index is 0.295. The Bertz CT molecular complexity index is 764. The van der Waals surface area contributed by atoms with Crippen LogP contribution in [-0.2, 0) is 24.2 Å². The minimum Gasteiger partial charge on any atom is -0.444 e. The van der Waals surface area contributed by atoms with E-state index in [0.717, 1.165) is 11.1 Å². The van der Waals surface area contributed by atoms with E-state index in [1.807, 2.05) is 39.0 Å². The summed E-state index contributed by atoms with van der Waals surface area (Å²) >= 11 is 0. The average Bonchev–Trinajstić information content (AvgIpc) is 2.54. The van der Waals surface area contributed by atoms with Gasteiger partial charge in [-0.25, -0.2) is 9.18 Å². The van der Waals surface area contributed by atoms with E-state index in [2.05, 4.69) is 5.32 Å². The number of benzene rings is 2. The zero-order valence-corrected chi connectivity index (χ0v) is 15.7. The van der Waals surface area contributed by atoms with Gasteiger partial charge in [0.1, 0.15) is 11.4 Å². The van der Waals surface area contributed by atoms with Crippen LogP contribution in [0.15, 0.2) is 36.4 Å². The Kier molecular flexibility index (Phi) is 6.37. The van der Waals surface area contributed by atoms with Crippen LogP contribution in [0, 0.1) is 12.7 Å². The first-order valence-corrected chi connectivity index (χ1v) is 8.66. The molecule has 0 spiro atoms. The van der Waals surface area contributed by atoms with Gasteiger partial charge in [0.15, 0.2) is 0 Å². The van der Waals surface area contributed by atoms with Crippen LogP contribution in [0.3, 0.4) is 0 Å². The molecule has 0 aliphatic heterocycles. The molecule has 0 saturated heterocycles. The van der Waals surface area contributed by atoms with Crippen molar-refractivity contribution in [2.24, 2.45) is 0 Å². The minimum atomic E-state index is -0.546. The number of hydrogen-bond acceptors (Lipinski definition) is 3. The predicted octanol–water partition coefficient (Wildman–Crippen LogP) is 4.76. The summed E-state index contributed by atoms with van der Waals surface area (Å²) in [5.41, 5.74) is 2.84. The Balaban J connectivity index is 1.97. The topological polar surface area (TPSA) is 58.6 Å². The van der Waals surface area contributed by atoms with Gasteiger partial charge in [-0.2, -0.15) is 0 Å². The highest BCUT2D eigenvalue weighted by molar-refractivity contribution is 5.84. The van der Waals surface area contributed by atoms with E-state index >= 15 is 0 Å². The maximum Gasteiger partial charge on any atom is 0.412 e. The highest BCUT2D eigenvalue weighted by atomic mass is 19.1. The van der Waals surface area contributed by atoms with Crippen molar-refractivity contribution >= 4 is 11.8 Å². The number of aryl methyl sites for hydroxylation is 3. The molecule has 2 rings (SSSR count). The zero-order chi connectivity index (χ0) is 19.3. The van der Waals surface area contributed by atoms with Crippen LogP contribution in [0.2, 0.25) is 0 Å². The summed E-state index contributed by atoms with van der Waals surface area (Å²) in [6, 6.07) is 11.0. The second-order valence-corrected chi connectivity index (χ2v) is 7.32. The number of nitrogens with one attached hydrogen (secondary N) is 1. The van der Waals surface area contributed by atoms with Gasteiger partial charge in [0, 0.05) is 11.3 Å². The van der Waals surface area contributed by atoms with Crippen molar-refractivity contribution in [2.75, 3.05) is 5.32 Å². The molecule has 0 heterocycles. The standard InChI is InChI=1S/C21H26FNO3/c1-14-5-9-16(19(22)18(14)13-24)10-6-15-7-11-17(12-8-15)23-20(25)26-21(2,3)4/h5,7-9,11-12,24H,6,10,13H2,1-4H3,(H,23,25). The lowest BCUT2D eigenvalue weighted by Gasteiger charge is -2.19. The Morgan fingerprint density at radius 1 is 1.12 bits per heavy atom. The first-order valence-electron chi connectivity index (χ1n) is 8.66. The lowest BCUT2D eigenvalue weighted by Crippen LogP contribution is -2.27. The Labute approximate surface area is 154 Å². The van der Waals surface area contributed by atoms with E-state index in [0.29, 0.717) is 29.7 Å². The number of carbonyl (C=O) groups excluding carboxylic acids is 1. The van der Waals surface area contributed by atoms with E-state index in [4.69, 9.17) is 4.74 Å². The van der Waals surface area contributed by atoms with Crippen molar-refractivity contribution in [1.82, 2.24) is 0 Å². The van der Waals surface area contributed by atoms with E-state index in [9.17, 15) is 14.3 Å². The number of aliphatic hydroxyl groups excluding tert-OH is 1. The van der Waals surface area contributed by atoms with Crippen LogP contribution in [0.5, 0.6) is 0 Å². The Morgan fingerprint density at radius 2 is 1.77 bits per heavy atom. The molecule has 140 valence electrons. The van der Waals surface area contributed by atoms with Gasteiger partial charge in [0.25, 0.3) is 0 Å². The maximum absolute atomic E-state index is 14.4. The summed E-state index contributed by atoms with van der Waals surface area (Å²) in [5.74, 6) is -0.323. The molecule has 4 nitrogen and oxygen atoms in total. The van der Waals surface area contributed by atoms with E-state index in [1.165, 1.54) is 0 Å². The first kappa shape index (κ1) is 19.9. The number of aliphatic hydroxyl groups is 1. The summed E-state index contributed by atoms with van der Waals surface area (Å²) < 4.78 is 19.6. The van der Waals surface area contributed by atoms with Gasteiger partial charge in [0.2, 0.25) is 0 Å². The van der Waals surface area contributed by atoms with Crippen LogP contribution in [0.4, 0.5) is 14.9 Å². The summed E-state index contributed by atoms with van der Waals surface area (Å²) in [4.78, 5) is 11.8. The third-order valence-corrected chi connectivity index (χ3v) is 4.00. The molecule has 0 unspecified atom stereocenters. The summed E-state index contributed by atoms with van der Waals surface area (Å²) in [5, 5.41) is 12.0. The number of carbonyl (C=O) groups is 1. The number of amides is 1. The molecular weight excluding hydrogens is 333 g/mol. The fourth-order valence-corrected chi connectivity index (χ4v) is 2.61. The molecule has 26 heavy (non-hydrogen) atoms. The molecule has 2 aromatic rings. The maximum atomic E-state index is 14.4. The fraction of sp³-hybridized carbons (Fsp3) is 0.381. The predicted molar refractivity (Wildman–Crippen MR) is 101 cm³/mol. The molecule has 0 atom stereocenters. The van der Waals surface area contributed by atoms with Crippen LogP contribution in [0.1, 0.15) is 43.0 Å².